The molecule has 3 aromatic carbocycles. The van der Waals surface area contributed by atoms with Gasteiger partial charge in [0.15, 0.2) is 6.10 Å². The number of benzene rings is 3. The number of nitrogens with two attached hydrogens (primary N) is 1. The molecule has 0 radical (unpaired) electrons. The fourth-order valence-corrected chi connectivity index (χ4v) is 4.42. The first kappa shape index (κ1) is 23.3. The third-order valence-corrected chi connectivity index (χ3v) is 6.33. The molecule has 4 rings (SSSR count). The number of anilines is 1. The third-order valence-electron chi connectivity index (χ3n) is 5.19. The largest absolute Gasteiger partial charge is 0.481 e. The molecule has 4 aromatic rings. The zero-order valence-corrected chi connectivity index (χ0v) is 19.2. The molecule has 0 aliphatic carbocycles. The van der Waals surface area contributed by atoms with Crippen molar-refractivity contribution in [3.8, 4) is 5.75 Å². The monoisotopic (exact) mass is 475 g/mol. The van der Waals surface area contributed by atoms with E-state index in [-0.39, 0.29) is 19.0 Å². The van der Waals surface area contributed by atoms with Crippen LogP contribution in [0, 0.1) is 5.41 Å². The van der Waals surface area contributed by atoms with Crippen LogP contribution in [0.3, 0.4) is 0 Å². The summed E-state index contributed by atoms with van der Waals surface area (Å²) in [6.07, 6.45) is -0.566. The van der Waals surface area contributed by atoms with Crippen LogP contribution in [0.5, 0.6) is 5.75 Å². The van der Waals surface area contributed by atoms with Crippen LogP contribution in [0.2, 0.25) is 0 Å². The molecule has 7 nitrogen and oxygen atoms in total. The molecule has 8 heteroatoms. The first-order chi connectivity index (χ1) is 16.5. The van der Waals surface area contributed by atoms with Crippen molar-refractivity contribution in [1.29, 1.82) is 5.41 Å². The number of hydrogen-bond donors (Lipinski definition) is 4. The van der Waals surface area contributed by atoms with Gasteiger partial charge in [-0.05, 0) is 47.9 Å². The summed E-state index contributed by atoms with van der Waals surface area (Å²) < 4.78 is 12.8. The van der Waals surface area contributed by atoms with Crippen LogP contribution >= 0.6 is 11.3 Å². The molecule has 0 saturated heterocycles. The fourth-order valence-electron chi connectivity index (χ4n) is 3.48. The number of carbonyl (C=O) groups is 1. The minimum atomic E-state index is -0.591. The first-order valence-electron chi connectivity index (χ1n) is 10.8. The number of rotatable bonds is 9. The molecule has 1 aromatic heterocycles. The number of fused-ring (bicyclic) bond motifs is 1. The molecule has 1 heterocycles. The predicted molar refractivity (Wildman–Crippen MR) is 135 cm³/mol. The van der Waals surface area contributed by atoms with Crippen molar-refractivity contribution in [3.05, 3.63) is 94.9 Å². The highest BCUT2D eigenvalue weighted by Crippen LogP contribution is 2.35. The van der Waals surface area contributed by atoms with E-state index in [0.717, 1.165) is 21.2 Å². The number of nitrogens with one attached hydrogen (secondary N) is 2. The number of carbonyl (C=O) groups excluding carboxylic acids is 1. The van der Waals surface area contributed by atoms with Crippen molar-refractivity contribution in [2.45, 2.75) is 12.5 Å². The molecule has 0 spiro atoms. The Morgan fingerprint density at radius 2 is 1.82 bits per heavy atom. The van der Waals surface area contributed by atoms with Crippen LogP contribution in [0.15, 0.2) is 78.9 Å². The molecule has 5 N–H and O–H groups in total. The highest BCUT2D eigenvalue weighted by atomic mass is 32.1. The molecule has 34 heavy (non-hydrogen) atoms. The predicted octanol–water partition coefficient (Wildman–Crippen LogP) is 5.09. The number of aliphatic hydroxyl groups is 1. The number of amidine groups is 1. The van der Waals surface area contributed by atoms with Gasteiger partial charge in [-0.15, -0.1) is 11.3 Å². The zero-order chi connectivity index (χ0) is 23.9. The molecule has 0 fully saturated rings. The van der Waals surface area contributed by atoms with E-state index in [2.05, 4.69) is 5.32 Å². The molecule has 0 aliphatic rings. The Bertz CT molecular complexity index is 1270. The lowest BCUT2D eigenvalue weighted by atomic mass is 10.1. The summed E-state index contributed by atoms with van der Waals surface area (Å²) in [5.74, 6) is 0.634. The maximum absolute atomic E-state index is 12.4. The molecule has 1 atom stereocenters. The number of thiophene rings is 1. The van der Waals surface area contributed by atoms with Gasteiger partial charge in [0.05, 0.1) is 4.88 Å². The maximum atomic E-state index is 12.4. The number of nitrogen functional groups attached to an aromatic ring is 1. The number of aliphatic hydroxyl groups excluding tert-OH is 1. The van der Waals surface area contributed by atoms with E-state index in [0.29, 0.717) is 22.7 Å². The Kier molecular flexibility index (Phi) is 7.41. The highest BCUT2D eigenvalue weighted by Gasteiger charge is 2.19. The second kappa shape index (κ2) is 10.8. The summed E-state index contributed by atoms with van der Waals surface area (Å²) in [5, 5.41) is 20.3. The van der Waals surface area contributed by atoms with E-state index in [9.17, 15) is 4.79 Å². The van der Waals surface area contributed by atoms with Crippen LogP contribution < -0.4 is 15.8 Å². The summed E-state index contributed by atoms with van der Waals surface area (Å²) >= 11 is 1.43. The highest BCUT2D eigenvalue weighted by molar-refractivity contribution is 7.20. The smallest absolute Gasteiger partial charge is 0.411 e. The Morgan fingerprint density at radius 1 is 1.06 bits per heavy atom. The van der Waals surface area contributed by atoms with Crippen molar-refractivity contribution in [3.63, 3.8) is 0 Å². The van der Waals surface area contributed by atoms with Gasteiger partial charge >= 0.3 is 6.09 Å². The molecule has 0 bridgehead atoms. The molecular weight excluding hydrogens is 450 g/mol. The van der Waals surface area contributed by atoms with Gasteiger partial charge in [-0.25, -0.2) is 4.79 Å². The summed E-state index contributed by atoms with van der Waals surface area (Å²) in [5.41, 5.74) is 8.11. The molecule has 0 aliphatic heterocycles. The number of amides is 1. The van der Waals surface area contributed by atoms with Gasteiger partial charge in [-0.3, -0.25) is 10.7 Å². The van der Waals surface area contributed by atoms with E-state index >= 15 is 0 Å². The number of hydrogen-bond acceptors (Lipinski definition) is 6. The van der Waals surface area contributed by atoms with Gasteiger partial charge in [0.2, 0.25) is 0 Å². The standard InChI is InChI=1S/C26H25N3O4S/c27-25(28)24-15-20-21(7-4-8-23(20)34-24)33-22(18-5-2-1-3-6-18)16-32-26(31)29-19-11-9-17(10-12-19)13-14-30/h1-12,15,22,30H,13-14,16H2,(H3,27,28)(H,29,31). The SMILES string of the molecule is N=C(N)c1cc2c(OC(COC(=O)Nc3ccc(CCO)cc3)c3ccccc3)cccc2s1. The van der Waals surface area contributed by atoms with Crippen LogP contribution in [0.25, 0.3) is 10.1 Å². The lowest BCUT2D eigenvalue weighted by molar-refractivity contribution is 0.0910. The summed E-state index contributed by atoms with van der Waals surface area (Å²) in [6.45, 7) is 0.0728. The zero-order valence-electron chi connectivity index (χ0n) is 18.4. The summed E-state index contributed by atoms with van der Waals surface area (Å²) in [4.78, 5) is 13.1. The Morgan fingerprint density at radius 3 is 2.53 bits per heavy atom. The molecular formula is C26H25N3O4S. The van der Waals surface area contributed by atoms with E-state index < -0.39 is 12.2 Å². The van der Waals surface area contributed by atoms with Gasteiger partial charge in [-0.2, -0.15) is 0 Å². The first-order valence-corrected chi connectivity index (χ1v) is 11.6. The third kappa shape index (κ3) is 5.72. The quantitative estimate of drug-likeness (QED) is 0.199. The molecule has 1 amide bonds. The van der Waals surface area contributed by atoms with Crippen LogP contribution in [-0.4, -0.2) is 30.2 Å². The van der Waals surface area contributed by atoms with Crippen molar-refractivity contribution in [2.24, 2.45) is 5.73 Å². The maximum Gasteiger partial charge on any atom is 0.411 e. The summed E-state index contributed by atoms with van der Waals surface area (Å²) in [7, 11) is 0. The number of ether oxygens (including phenoxy) is 2. The van der Waals surface area contributed by atoms with Crippen molar-refractivity contribution in [1.82, 2.24) is 0 Å². The molecule has 174 valence electrons. The average molecular weight is 476 g/mol. The topological polar surface area (TPSA) is 118 Å². The van der Waals surface area contributed by atoms with Crippen molar-refractivity contribution >= 4 is 39.0 Å². The molecule has 1 unspecified atom stereocenters. The van der Waals surface area contributed by atoms with Gasteiger partial charge in [0.25, 0.3) is 0 Å². The Balaban J connectivity index is 1.48. The average Bonchev–Trinajstić information content (AvgIpc) is 3.29. The van der Waals surface area contributed by atoms with Crippen LogP contribution in [0.1, 0.15) is 22.1 Å². The normalized spacial score (nSPS) is 11.7. The van der Waals surface area contributed by atoms with Crippen LogP contribution in [0.4, 0.5) is 10.5 Å². The van der Waals surface area contributed by atoms with Gasteiger partial charge in [-0.1, -0.05) is 48.5 Å². The second-order valence-electron chi connectivity index (χ2n) is 7.60. The van der Waals surface area contributed by atoms with Gasteiger partial charge in [0.1, 0.15) is 18.2 Å². The lowest BCUT2D eigenvalue weighted by Gasteiger charge is -2.20. The summed E-state index contributed by atoms with van der Waals surface area (Å²) in [6, 6.07) is 24.3. The minimum absolute atomic E-state index is 0.00146. The van der Waals surface area contributed by atoms with Gasteiger partial charge < -0.3 is 20.3 Å². The Hall–Kier alpha value is -3.88. The van der Waals surface area contributed by atoms with Crippen molar-refractivity contribution in [2.75, 3.05) is 18.5 Å². The minimum Gasteiger partial charge on any atom is -0.481 e. The molecule has 0 saturated carbocycles. The van der Waals surface area contributed by atoms with E-state index in [1.54, 1.807) is 12.1 Å². The van der Waals surface area contributed by atoms with Crippen molar-refractivity contribution < 1.29 is 19.4 Å². The van der Waals surface area contributed by atoms with Crippen LogP contribution in [-0.2, 0) is 11.2 Å². The second-order valence-corrected chi connectivity index (χ2v) is 8.69. The lowest BCUT2D eigenvalue weighted by Crippen LogP contribution is -2.21. The fraction of sp³-hybridized carbons (Fsp3) is 0.154. The van der Waals surface area contributed by atoms with E-state index in [1.165, 1.54) is 11.3 Å². The van der Waals surface area contributed by atoms with E-state index in [1.807, 2.05) is 66.7 Å². The van der Waals surface area contributed by atoms with Gasteiger partial charge in [0, 0.05) is 22.4 Å². The van der Waals surface area contributed by atoms with E-state index in [4.69, 9.17) is 25.7 Å². The Labute approximate surface area is 201 Å².